The molecule has 0 amide bonds. The molecule has 0 unspecified atom stereocenters. The maximum Gasteiger partial charge on any atom is 0.385 e. The van der Waals surface area contributed by atoms with Crippen LogP contribution in [0.15, 0.2) is 0 Å². The summed E-state index contributed by atoms with van der Waals surface area (Å²) in [5, 5.41) is 9.25. The van der Waals surface area contributed by atoms with Gasteiger partial charge < -0.3 is 14.6 Å². The largest absolute Gasteiger partial charge is 0.452 e. The minimum atomic E-state index is -1.16. The Kier molecular flexibility index (Phi) is 20.6. The average molecular weight is 498 g/mol. The van der Waals surface area contributed by atoms with Crippen LogP contribution in [0.25, 0.3) is 0 Å². The van der Waals surface area contributed by atoms with Crippen LogP contribution in [0.1, 0.15) is 6.92 Å². The number of rotatable bonds is 4. The lowest BCUT2D eigenvalue weighted by Gasteiger charge is -2.12. The molecule has 0 spiro atoms. The molecule has 0 saturated carbocycles. The molecular formula is C34H10O5. The van der Waals surface area contributed by atoms with E-state index in [9.17, 15) is 14.7 Å². The van der Waals surface area contributed by atoms with E-state index in [0.29, 0.717) is 0 Å². The standard InChI is InChI=1S/C34H10O5/c1-3-5-7-9-11-13-15-17-19-20-22-24-26-28-33(36)38-31-32(30-35)39-34(37)29-27-25-23-21-18-16-14-12-10-8-6-4-2/h2,32,35H,30-31H2,1H3/t32-/m0/s1. The van der Waals surface area contributed by atoms with Crippen LogP contribution >= 0.6 is 0 Å². The molecule has 1 N–H and O–H groups in total. The number of hydrogen-bond donors (Lipinski definition) is 1. The Morgan fingerprint density at radius 1 is 0.590 bits per heavy atom. The molecule has 0 rings (SSSR count). The van der Waals surface area contributed by atoms with Gasteiger partial charge in [0.05, 0.1) is 6.61 Å². The van der Waals surface area contributed by atoms with E-state index in [0.717, 1.165) is 0 Å². The molecule has 0 heterocycles. The van der Waals surface area contributed by atoms with Crippen molar-refractivity contribution in [2.24, 2.45) is 0 Å². The molecule has 5 heteroatoms. The average Bonchev–Trinajstić information content (AvgIpc) is 2.94. The van der Waals surface area contributed by atoms with Crippen LogP contribution in [0, 0.1) is 166 Å². The Morgan fingerprint density at radius 3 is 1.33 bits per heavy atom. The summed E-state index contributed by atoms with van der Waals surface area (Å²) >= 11 is 0. The van der Waals surface area contributed by atoms with E-state index in [1.54, 1.807) is 6.92 Å². The van der Waals surface area contributed by atoms with Crippen LogP contribution in [0.3, 0.4) is 0 Å². The van der Waals surface area contributed by atoms with Crippen molar-refractivity contribution in [3.8, 4) is 166 Å². The molecule has 0 bridgehead atoms. The van der Waals surface area contributed by atoms with E-state index in [1.165, 1.54) is 0 Å². The zero-order chi connectivity index (χ0) is 28.7. The first-order valence-corrected chi connectivity index (χ1v) is 10.0. The van der Waals surface area contributed by atoms with Gasteiger partial charge in [0.15, 0.2) is 6.10 Å². The highest BCUT2D eigenvalue weighted by molar-refractivity contribution is 5.90. The minimum absolute atomic E-state index is 0.455. The third-order valence-electron chi connectivity index (χ3n) is 2.72. The summed E-state index contributed by atoms with van der Waals surface area (Å²) in [5.74, 6) is 61.7. The predicted octanol–water partition coefficient (Wildman–Crippen LogP) is -0.869. The summed E-state index contributed by atoms with van der Waals surface area (Å²) in [7, 11) is 0. The molecule has 39 heavy (non-hydrogen) atoms. The second-order valence-electron chi connectivity index (χ2n) is 5.33. The van der Waals surface area contributed by atoms with Gasteiger partial charge in [-0.2, -0.15) is 0 Å². The maximum absolute atomic E-state index is 11.6. The molecule has 0 aromatic heterocycles. The smallest absolute Gasteiger partial charge is 0.385 e. The van der Waals surface area contributed by atoms with Crippen molar-refractivity contribution < 1.29 is 24.2 Å². The van der Waals surface area contributed by atoms with E-state index >= 15 is 0 Å². The number of ether oxygens (including phenoxy) is 2. The van der Waals surface area contributed by atoms with Crippen molar-refractivity contribution in [1.82, 2.24) is 0 Å². The van der Waals surface area contributed by atoms with Crippen molar-refractivity contribution in [3.63, 3.8) is 0 Å². The van der Waals surface area contributed by atoms with Crippen molar-refractivity contribution in [2.45, 2.75) is 13.0 Å². The predicted molar refractivity (Wildman–Crippen MR) is 144 cm³/mol. The fourth-order valence-corrected chi connectivity index (χ4v) is 1.37. The first-order valence-electron chi connectivity index (χ1n) is 10.0. The zero-order valence-electron chi connectivity index (χ0n) is 20.1. The molecule has 5 nitrogen and oxygen atoms in total. The highest BCUT2D eigenvalue weighted by Gasteiger charge is 2.14. The van der Waals surface area contributed by atoms with Crippen molar-refractivity contribution in [3.05, 3.63) is 0 Å². The lowest BCUT2D eigenvalue weighted by atomic mass is 10.4. The highest BCUT2D eigenvalue weighted by Crippen LogP contribution is 1.94. The van der Waals surface area contributed by atoms with Crippen LogP contribution in [0.5, 0.6) is 0 Å². The number of carbonyl (C=O) groups is 2. The topological polar surface area (TPSA) is 72.8 Å². The van der Waals surface area contributed by atoms with E-state index in [2.05, 4.69) is 160 Å². The summed E-state index contributed by atoms with van der Waals surface area (Å²) in [4.78, 5) is 23.2. The minimum Gasteiger partial charge on any atom is -0.452 e. The molecule has 0 aliphatic rings. The monoisotopic (exact) mass is 498 g/mol. The van der Waals surface area contributed by atoms with Gasteiger partial charge in [0.25, 0.3) is 0 Å². The Bertz CT molecular complexity index is 1850. The Hall–Kier alpha value is -7.26. The molecule has 1 atom stereocenters. The Balaban J connectivity index is 4.60. The third kappa shape index (κ3) is 23.7. The highest BCUT2D eigenvalue weighted by atomic mass is 16.6. The molecule has 0 aromatic carbocycles. The van der Waals surface area contributed by atoms with Gasteiger partial charge in [-0.05, 0) is 149 Å². The van der Waals surface area contributed by atoms with Crippen molar-refractivity contribution >= 4 is 11.9 Å². The molecule has 0 fully saturated rings. The van der Waals surface area contributed by atoms with Crippen LogP contribution in [-0.4, -0.2) is 36.4 Å². The van der Waals surface area contributed by atoms with Crippen LogP contribution in [-0.2, 0) is 19.1 Å². The molecule has 0 aliphatic heterocycles. The summed E-state index contributed by atoms with van der Waals surface area (Å²) < 4.78 is 9.61. The van der Waals surface area contributed by atoms with Gasteiger partial charge in [-0.3, -0.25) is 0 Å². The van der Waals surface area contributed by atoms with Crippen molar-refractivity contribution in [1.29, 1.82) is 0 Å². The first kappa shape index (κ1) is 31.7. The van der Waals surface area contributed by atoms with E-state index in [-0.39, 0.29) is 0 Å². The number of carbonyl (C=O) groups excluding carboxylic acids is 2. The Labute approximate surface area is 228 Å². The maximum atomic E-state index is 11.6. The molecule has 0 aromatic rings. The summed E-state index contributed by atoms with van der Waals surface area (Å²) in [6.45, 7) is 0.582. The fraction of sp³-hybridized carbons (Fsp3) is 0.118. The van der Waals surface area contributed by atoms with Gasteiger partial charge in [0.2, 0.25) is 0 Å². The number of hydrogen-bond acceptors (Lipinski definition) is 5. The van der Waals surface area contributed by atoms with Crippen LogP contribution in [0.4, 0.5) is 0 Å². The number of aliphatic hydroxyl groups is 1. The first-order chi connectivity index (χ1) is 19.1. The lowest BCUT2D eigenvalue weighted by molar-refractivity contribution is -0.153. The summed E-state index contributed by atoms with van der Waals surface area (Å²) in [6, 6.07) is 0. The SMILES string of the molecule is C#CC#CC#CC#CC#CC#CC#CC(=O)O[C@@H](CO)COC(=O)C#CC#CC#CC#CC#CC#CC#CC. The van der Waals surface area contributed by atoms with Gasteiger partial charge in [0, 0.05) is 11.8 Å². The summed E-state index contributed by atoms with van der Waals surface area (Å²) in [6.07, 6.45) is 3.76. The van der Waals surface area contributed by atoms with E-state index < -0.39 is 31.3 Å². The molecule has 0 radical (unpaired) electrons. The van der Waals surface area contributed by atoms with Crippen LogP contribution < -0.4 is 0 Å². The second kappa shape index (κ2) is 25.4. The van der Waals surface area contributed by atoms with E-state index in [4.69, 9.17) is 15.9 Å². The molecule has 176 valence electrons. The number of aliphatic hydroxyl groups excluding tert-OH is 1. The quantitative estimate of drug-likeness (QED) is 0.310. The summed E-state index contributed by atoms with van der Waals surface area (Å²) in [5.41, 5.74) is 0. The number of terminal acetylenes is 1. The zero-order valence-corrected chi connectivity index (χ0v) is 20.1. The third-order valence-corrected chi connectivity index (χ3v) is 2.72. The van der Waals surface area contributed by atoms with Gasteiger partial charge in [-0.25, -0.2) is 9.59 Å². The van der Waals surface area contributed by atoms with Crippen molar-refractivity contribution in [2.75, 3.05) is 13.2 Å². The normalized spacial score (nSPS) is 6.38. The van der Waals surface area contributed by atoms with E-state index in [1.807, 2.05) is 0 Å². The van der Waals surface area contributed by atoms with Crippen LogP contribution in [0.2, 0.25) is 0 Å². The lowest BCUT2D eigenvalue weighted by Crippen LogP contribution is -2.27. The fourth-order valence-electron chi connectivity index (χ4n) is 1.37. The van der Waals surface area contributed by atoms with Gasteiger partial charge >= 0.3 is 11.9 Å². The molecule has 0 saturated heterocycles. The van der Waals surface area contributed by atoms with Gasteiger partial charge in [0.1, 0.15) is 6.61 Å². The van der Waals surface area contributed by atoms with Gasteiger partial charge in [-0.15, -0.1) is 6.42 Å². The molecular weight excluding hydrogens is 488 g/mol. The second-order valence-corrected chi connectivity index (χ2v) is 5.33. The number of esters is 2. The van der Waals surface area contributed by atoms with Gasteiger partial charge in [-0.1, -0.05) is 5.92 Å². The Morgan fingerprint density at radius 2 is 0.949 bits per heavy atom. The molecule has 0 aliphatic carbocycles.